The average Bonchev–Trinajstić information content (AvgIpc) is 2.53. The lowest BCUT2D eigenvalue weighted by Gasteiger charge is -2.33. The summed E-state index contributed by atoms with van der Waals surface area (Å²) >= 11 is 0. The van der Waals surface area contributed by atoms with E-state index in [9.17, 15) is 9.90 Å². The van der Waals surface area contributed by atoms with Gasteiger partial charge in [-0.25, -0.2) is 0 Å². The predicted octanol–water partition coefficient (Wildman–Crippen LogP) is 2.37. The van der Waals surface area contributed by atoms with E-state index in [2.05, 4.69) is 0 Å². The molecule has 1 N–H and O–H groups in total. The minimum absolute atomic E-state index is 0.144. The Bertz CT molecular complexity index is 609. The molecule has 0 spiro atoms. The van der Waals surface area contributed by atoms with Crippen LogP contribution in [0.5, 0.6) is 11.5 Å². The number of aliphatic hydroxyl groups excluding tert-OH is 1. The van der Waals surface area contributed by atoms with Crippen LogP contribution < -0.4 is 9.47 Å². The smallest absolute Gasteiger partial charge is 0.163 e. The lowest BCUT2D eigenvalue weighted by atomic mass is 10.0. The molecular formula is C16H14O4. The highest BCUT2D eigenvalue weighted by Crippen LogP contribution is 2.39. The van der Waals surface area contributed by atoms with Crippen LogP contribution in [0.3, 0.4) is 0 Å². The van der Waals surface area contributed by atoms with Gasteiger partial charge in [-0.2, -0.15) is 0 Å². The molecular weight excluding hydrogens is 256 g/mol. The average molecular weight is 270 g/mol. The maximum atomic E-state index is 10.8. The molecule has 20 heavy (non-hydrogen) atoms. The van der Waals surface area contributed by atoms with Gasteiger partial charge in [0.1, 0.15) is 6.29 Å². The van der Waals surface area contributed by atoms with Crippen LogP contribution in [0.15, 0.2) is 48.5 Å². The molecule has 1 aliphatic rings. The topological polar surface area (TPSA) is 55.8 Å². The molecule has 1 heterocycles. The first kappa shape index (κ1) is 12.7. The second-order valence-electron chi connectivity index (χ2n) is 4.61. The first-order valence-corrected chi connectivity index (χ1v) is 6.40. The summed E-state index contributed by atoms with van der Waals surface area (Å²) in [7, 11) is 0. The number of benzene rings is 2. The van der Waals surface area contributed by atoms with Crippen LogP contribution in [0.4, 0.5) is 0 Å². The number of rotatable bonds is 3. The molecule has 0 aliphatic carbocycles. The Kier molecular flexibility index (Phi) is 3.39. The summed E-state index contributed by atoms with van der Waals surface area (Å²) in [6.07, 6.45) is -0.0955. The minimum Gasteiger partial charge on any atom is -0.480 e. The van der Waals surface area contributed by atoms with Crippen molar-refractivity contribution in [3.05, 3.63) is 59.7 Å². The molecule has 0 fully saturated rings. The Morgan fingerprint density at radius 3 is 2.55 bits per heavy atom. The second kappa shape index (κ2) is 5.35. The Morgan fingerprint density at radius 1 is 1.05 bits per heavy atom. The number of aliphatic hydroxyl groups is 1. The first-order valence-electron chi connectivity index (χ1n) is 6.40. The molecule has 2 aromatic rings. The van der Waals surface area contributed by atoms with E-state index in [0.717, 1.165) is 11.8 Å². The minimum atomic E-state index is -0.466. The van der Waals surface area contributed by atoms with Crippen LogP contribution >= 0.6 is 0 Å². The zero-order valence-electron chi connectivity index (χ0n) is 10.7. The molecule has 4 heteroatoms. The third-order valence-corrected chi connectivity index (χ3v) is 3.28. The number of fused-ring (bicyclic) bond motifs is 1. The highest BCUT2D eigenvalue weighted by molar-refractivity contribution is 5.76. The van der Waals surface area contributed by atoms with E-state index >= 15 is 0 Å². The molecule has 2 atom stereocenters. The summed E-state index contributed by atoms with van der Waals surface area (Å²) in [6.45, 7) is -0.144. The third kappa shape index (κ3) is 2.26. The SMILES string of the molecule is O=Cc1ccc2c(c1)OC(c1ccccc1)C(CO)O2. The number of aldehydes is 1. The second-order valence-corrected chi connectivity index (χ2v) is 4.61. The molecule has 4 nitrogen and oxygen atoms in total. The van der Waals surface area contributed by atoms with Crippen molar-refractivity contribution in [2.75, 3.05) is 6.61 Å². The summed E-state index contributed by atoms with van der Waals surface area (Å²) in [6, 6.07) is 14.6. The van der Waals surface area contributed by atoms with Crippen molar-refractivity contribution in [1.82, 2.24) is 0 Å². The fraction of sp³-hybridized carbons (Fsp3) is 0.188. The summed E-state index contributed by atoms with van der Waals surface area (Å²) in [4.78, 5) is 10.8. The standard InChI is InChI=1S/C16H14O4/c17-9-11-6-7-13-14(8-11)20-16(15(10-18)19-13)12-4-2-1-3-5-12/h1-9,15-16,18H,10H2. The summed E-state index contributed by atoms with van der Waals surface area (Å²) < 4.78 is 11.7. The summed E-state index contributed by atoms with van der Waals surface area (Å²) in [5, 5.41) is 9.49. The Hall–Kier alpha value is -2.33. The normalized spacial score (nSPS) is 20.4. The fourth-order valence-corrected chi connectivity index (χ4v) is 2.28. The molecule has 2 aromatic carbocycles. The molecule has 0 bridgehead atoms. The van der Waals surface area contributed by atoms with E-state index in [0.29, 0.717) is 17.1 Å². The van der Waals surface area contributed by atoms with E-state index in [1.165, 1.54) is 0 Å². The van der Waals surface area contributed by atoms with Gasteiger partial charge in [0.25, 0.3) is 0 Å². The molecule has 0 radical (unpaired) electrons. The van der Waals surface area contributed by atoms with E-state index in [1.807, 2.05) is 30.3 Å². The van der Waals surface area contributed by atoms with E-state index in [4.69, 9.17) is 9.47 Å². The van der Waals surface area contributed by atoms with Gasteiger partial charge >= 0.3 is 0 Å². The van der Waals surface area contributed by atoms with Gasteiger partial charge in [-0.05, 0) is 23.8 Å². The lowest BCUT2D eigenvalue weighted by molar-refractivity contribution is -0.0123. The molecule has 1 aliphatic heterocycles. The third-order valence-electron chi connectivity index (χ3n) is 3.28. The van der Waals surface area contributed by atoms with Gasteiger partial charge in [-0.3, -0.25) is 4.79 Å². The largest absolute Gasteiger partial charge is 0.480 e. The van der Waals surface area contributed by atoms with Crippen LogP contribution in [-0.4, -0.2) is 24.1 Å². The van der Waals surface area contributed by atoms with Crippen molar-refractivity contribution in [2.24, 2.45) is 0 Å². The number of ether oxygens (including phenoxy) is 2. The monoisotopic (exact) mass is 270 g/mol. The number of carbonyl (C=O) groups excluding carboxylic acids is 1. The molecule has 0 saturated heterocycles. The van der Waals surface area contributed by atoms with Gasteiger partial charge in [-0.15, -0.1) is 0 Å². The van der Waals surface area contributed by atoms with E-state index < -0.39 is 12.2 Å². The van der Waals surface area contributed by atoms with Crippen LogP contribution in [0, 0.1) is 0 Å². The summed E-state index contributed by atoms with van der Waals surface area (Å²) in [5.41, 5.74) is 1.45. The van der Waals surface area contributed by atoms with Crippen LogP contribution in [-0.2, 0) is 0 Å². The maximum Gasteiger partial charge on any atom is 0.163 e. The number of carbonyl (C=O) groups is 1. The van der Waals surface area contributed by atoms with Crippen molar-refractivity contribution >= 4 is 6.29 Å². The molecule has 0 amide bonds. The molecule has 102 valence electrons. The molecule has 2 unspecified atom stereocenters. The van der Waals surface area contributed by atoms with Gasteiger partial charge in [0.15, 0.2) is 23.7 Å². The predicted molar refractivity (Wildman–Crippen MR) is 73.1 cm³/mol. The van der Waals surface area contributed by atoms with Gasteiger partial charge in [0, 0.05) is 5.56 Å². The maximum absolute atomic E-state index is 10.8. The van der Waals surface area contributed by atoms with Crippen LogP contribution in [0.25, 0.3) is 0 Å². The zero-order valence-corrected chi connectivity index (χ0v) is 10.7. The Labute approximate surface area is 116 Å². The highest BCUT2D eigenvalue weighted by atomic mass is 16.6. The van der Waals surface area contributed by atoms with E-state index in [1.54, 1.807) is 18.2 Å². The van der Waals surface area contributed by atoms with E-state index in [-0.39, 0.29) is 6.61 Å². The highest BCUT2D eigenvalue weighted by Gasteiger charge is 2.32. The van der Waals surface area contributed by atoms with Gasteiger partial charge in [0.05, 0.1) is 6.61 Å². The zero-order chi connectivity index (χ0) is 13.9. The van der Waals surface area contributed by atoms with Crippen LogP contribution in [0.1, 0.15) is 22.0 Å². The van der Waals surface area contributed by atoms with Crippen molar-refractivity contribution in [2.45, 2.75) is 12.2 Å². The number of hydrogen-bond acceptors (Lipinski definition) is 4. The van der Waals surface area contributed by atoms with Crippen molar-refractivity contribution in [1.29, 1.82) is 0 Å². The molecule has 0 saturated carbocycles. The Balaban J connectivity index is 1.98. The van der Waals surface area contributed by atoms with Gasteiger partial charge in [-0.1, -0.05) is 30.3 Å². The van der Waals surface area contributed by atoms with Crippen molar-refractivity contribution < 1.29 is 19.4 Å². The van der Waals surface area contributed by atoms with Crippen molar-refractivity contribution in [3.63, 3.8) is 0 Å². The van der Waals surface area contributed by atoms with Gasteiger partial charge in [0.2, 0.25) is 0 Å². The fourth-order valence-electron chi connectivity index (χ4n) is 2.28. The quantitative estimate of drug-likeness (QED) is 0.870. The lowest BCUT2D eigenvalue weighted by Crippen LogP contribution is -2.36. The first-order chi connectivity index (χ1) is 9.81. The van der Waals surface area contributed by atoms with Crippen molar-refractivity contribution in [3.8, 4) is 11.5 Å². The molecule has 3 rings (SSSR count). The molecule has 0 aromatic heterocycles. The Morgan fingerprint density at radius 2 is 1.85 bits per heavy atom. The van der Waals surface area contributed by atoms with Gasteiger partial charge < -0.3 is 14.6 Å². The summed E-state index contributed by atoms with van der Waals surface area (Å²) in [5.74, 6) is 1.06. The van der Waals surface area contributed by atoms with Crippen LogP contribution in [0.2, 0.25) is 0 Å². The number of hydrogen-bond donors (Lipinski definition) is 1.